The molecule has 29 heavy (non-hydrogen) atoms. The Morgan fingerprint density at radius 3 is 2.48 bits per heavy atom. The summed E-state index contributed by atoms with van der Waals surface area (Å²) in [5.41, 5.74) is 1.24. The molecule has 2 aromatic rings. The van der Waals surface area contributed by atoms with Gasteiger partial charge in [-0.3, -0.25) is 14.5 Å². The maximum atomic E-state index is 13.2. The quantitative estimate of drug-likeness (QED) is 0.566. The number of hydrogen-bond donors (Lipinski definition) is 2. The van der Waals surface area contributed by atoms with E-state index in [4.69, 9.17) is 4.74 Å². The first-order valence-electron chi connectivity index (χ1n) is 9.76. The highest BCUT2D eigenvalue weighted by molar-refractivity contribution is 14.1. The first-order chi connectivity index (χ1) is 14.1. The van der Waals surface area contributed by atoms with Crippen molar-refractivity contribution >= 4 is 40.1 Å². The Morgan fingerprint density at radius 1 is 1.14 bits per heavy atom. The van der Waals surface area contributed by atoms with Crippen molar-refractivity contribution in [3.63, 3.8) is 0 Å². The molecule has 0 spiro atoms. The predicted octanol–water partition coefficient (Wildman–Crippen LogP) is 3.06. The molecular formula is C22H26IN3O3. The van der Waals surface area contributed by atoms with Crippen LogP contribution in [0, 0.1) is 9.49 Å². The van der Waals surface area contributed by atoms with Gasteiger partial charge in [-0.25, -0.2) is 0 Å². The standard InChI is InChI=1S/C22H26IN3O3/c1-29-18-8-6-17(7-9-18)22(28)26(20-5-3-2-4-19(20)23)15-21(27)25-14-16-10-12-24-13-11-16/h2-9,16,24H,10-15H2,1H3,(H,25,27). The van der Waals surface area contributed by atoms with Crippen LogP contribution in [0.3, 0.4) is 0 Å². The summed E-state index contributed by atoms with van der Waals surface area (Å²) in [4.78, 5) is 27.4. The molecule has 6 nitrogen and oxygen atoms in total. The van der Waals surface area contributed by atoms with Gasteiger partial charge < -0.3 is 15.4 Å². The number of halogens is 1. The Morgan fingerprint density at radius 2 is 1.83 bits per heavy atom. The lowest BCUT2D eigenvalue weighted by molar-refractivity contribution is -0.119. The second-order valence-corrected chi connectivity index (χ2v) is 8.23. The number of benzene rings is 2. The molecule has 0 aromatic heterocycles. The molecule has 1 aliphatic heterocycles. The third kappa shape index (κ3) is 5.93. The minimum atomic E-state index is -0.214. The lowest BCUT2D eigenvalue weighted by atomic mass is 9.98. The lowest BCUT2D eigenvalue weighted by Gasteiger charge is -2.26. The van der Waals surface area contributed by atoms with Crippen molar-refractivity contribution in [3.8, 4) is 5.75 Å². The number of nitrogens with zero attached hydrogens (tertiary/aromatic N) is 1. The average Bonchev–Trinajstić information content (AvgIpc) is 2.77. The maximum absolute atomic E-state index is 13.2. The Labute approximate surface area is 185 Å². The van der Waals surface area contributed by atoms with Gasteiger partial charge in [-0.05, 0) is 90.8 Å². The SMILES string of the molecule is COc1ccc(C(=O)N(CC(=O)NCC2CCNCC2)c2ccccc2I)cc1. The van der Waals surface area contributed by atoms with E-state index in [2.05, 4.69) is 33.2 Å². The number of amides is 2. The molecule has 2 N–H and O–H groups in total. The monoisotopic (exact) mass is 507 g/mol. The van der Waals surface area contributed by atoms with Crippen LogP contribution in [0.1, 0.15) is 23.2 Å². The van der Waals surface area contributed by atoms with E-state index >= 15 is 0 Å². The van der Waals surface area contributed by atoms with Gasteiger partial charge in [-0.2, -0.15) is 0 Å². The van der Waals surface area contributed by atoms with Crippen molar-refractivity contribution in [1.29, 1.82) is 0 Å². The largest absolute Gasteiger partial charge is 0.497 e. The van der Waals surface area contributed by atoms with Gasteiger partial charge >= 0.3 is 0 Å². The van der Waals surface area contributed by atoms with Crippen LogP contribution < -0.4 is 20.3 Å². The third-order valence-corrected chi connectivity index (χ3v) is 5.99. The van der Waals surface area contributed by atoms with Gasteiger partial charge in [0.1, 0.15) is 12.3 Å². The molecule has 0 saturated carbocycles. The number of carbonyl (C=O) groups excluding carboxylic acids is 2. The zero-order valence-corrected chi connectivity index (χ0v) is 18.6. The summed E-state index contributed by atoms with van der Waals surface area (Å²) in [5, 5.41) is 6.34. The van der Waals surface area contributed by atoms with E-state index in [-0.39, 0.29) is 18.4 Å². The van der Waals surface area contributed by atoms with Gasteiger partial charge in [0.05, 0.1) is 12.8 Å². The molecule has 0 aliphatic carbocycles. The molecule has 2 amide bonds. The molecule has 1 heterocycles. The molecule has 2 aromatic carbocycles. The molecule has 0 bridgehead atoms. The number of anilines is 1. The van der Waals surface area contributed by atoms with E-state index in [0.717, 1.165) is 35.2 Å². The van der Waals surface area contributed by atoms with Crippen LogP contribution in [0.2, 0.25) is 0 Å². The van der Waals surface area contributed by atoms with Gasteiger partial charge in [0, 0.05) is 15.7 Å². The summed E-state index contributed by atoms with van der Waals surface area (Å²) >= 11 is 2.19. The first-order valence-corrected chi connectivity index (χ1v) is 10.8. The fourth-order valence-corrected chi connectivity index (χ4v) is 4.05. The molecule has 1 saturated heterocycles. The highest BCUT2D eigenvalue weighted by Crippen LogP contribution is 2.24. The van der Waals surface area contributed by atoms with E-state index in [0.29, 0.717) is 23.8 Å². The van der Waals surface area contributed by atoms with Gasteiger partial charge in [-0.1, -0.05) is 12.1 Å². The number of nitrogens with one attached hydrogen (secondary N) is 2. The smallest absolute Gasteiger partial charge is 0.258 e. The van der Waals surface area contributed by atoms with Crippen molar-refractivity contribution in [2.24, 2.45) is 5.92 Å². The molecule has 7 heteroatoms. The van der Waals surface area contributed by atoms with Crippen molar-refractivity contribution in [2.75, 3.05) is 38.2 Å². The number of para-hydroxylation sites is 1. The number of ether oxygens (including phenoxy) is 1. The van der Waals surface area contributed by atoms with Crippen LogP contribution in [0.4, 0.5) is 5.69 Å². The van der Waals surface area contributed by atoms with Gasteiger partial charge in [0.15, 0.2) is 0 Å². The zero-order chi connectivity index (χ0) is 20.6. The van der Waals surface area contributed by atoms with Crippen LogP contribution in [0.15, 0.2) is 48.5 Å². The normalized spacial score (nSPS) is 14.3. The molecule has 0 atom stereocenters. The minimum Gasteiger partial charge on any atom is -0.497 e. The van der Waals surface area contributed by atoms with Gasteiger partial charge in [0.25, 0.3) is 5.91 Å². The average molecular weight is 507 g/mol. The molecule has 1 fully saturated rings. The van der Waals surface area contributed by atoms with Gasteiger partial charge in [-0.15, -0.1) is 0 Å². The lowest BCUT2D eigenvalue weighted by Crippen LogP contribution is -2.43. The summed E-state index contributed by atoms with van der Waals surface area (Å²) in [5.74, 6) is 0.809. The number of piperidine rings is 1. The van der Waals surface area contributed by atoms with Crippen molar-refractivity contribution in [2.45, 2.75) is 12.8 Å². The summed E-state index contributed by atoms with van der Waals surface area (Å²) in [6.45, 7) is 2.61. The van der Waals surface area contributed by atoms with E-state index in [1.54, 1.807) is 36.3 Å². The van der Waals surface area contributed by atoms with Crippen molar-refractivity contribution in [3.05, 3.63) is 57.7 Å². The minimum absolute atomic E-state index is 0.0180. The highest BCUT2D eigenvalue weighted by atomic mass is 127. The van der Waals surface area contributed by atoms with Crippen LogP contribution in [-0.2, 0) is 4.79 Å². The Hall–Kier alpha value is -2.13. The van der Waals surface area contributed by atoms with E-state index < -0.39 is 0 Å². The molecule has 3 rings (SSSR count). The zero-order valence-electron chi connectivity index (χ0n) is 16.5. The fraction of sp³-hybridized carbons (Fsp3) is 0.364. The number of carbonyl (C=O) groups is 2. The van der Waals surface area contributed by atoms with Crippen molar-refractivity contribution in [1.82, 2.24) is 10.6 Å². The van der Waals surface area contributed by atoms with E-state index in [1.807, 2.05) is 24.3 Å². The van der Waals surface area contributed by atoms with E-state index in [9.17, 15) is 9.59 Å². The summed E-state index contributed by atoms with van der Waals surface area (Å²) in [7, 11) is 1.59. The van der Waals surface area contributed by atoms with Crippen LogP contribution in [0.5, 0.6) is 5.75 Å². The highest BCUT2D eigenvalue weighted by Gasteiger charge is 2.23. The van der Waals surface area contributed by atoms with Crippen LogP contribution in [-0.4, -0.2) is 45.1 Å². The molecule has 154 valence electrons. The Balaban J connectivity index is 1.74. The first kappa shape index (κ1) is 21.6. The molecule has 0 unspecified atom stereocenters. The Bertz CT molecular complexity index is 835. The number of rotatable bonds is 7. The van der Waals surface area contributed by atoms with Gasteiger partial charge in [0.2, 0.25) is 5.91 Å². The maximum Gasteiger partial charge on any atom is 0.258 e. The number of methoxy groups -OCH3 is 1. The third-order valence-electron chi connectivity index (χ3n) is 5.07. The van der Waals surface area contributed by atoms with Crippen LogP contribution in [0.25, 0.3) is 0 Å². The predicted molar refractivity (Wildman–Crippen MR) is 122 cm³/mol. The summed E-state index contributed by atoms with van der Waals surface area (Å²) in [6.07, 6.45) is 2.12. The van der Waals surface area contributed by atoms with Crippen LogP contribution >= 0.6 is 22.6 Å². The topological polar surface area (TPSA) is 70.7 Å². The molecule has 0 radical (unpaired) electrons. The second-order valence-electron chi connectivity index (χ2n) is 7.07. The molecule has 1 aliphatic rings. The second kappa shape index (κ2) is 10.6. The van der Waals surface area contributed by atoms with Crippen molar-refractivity contribution < 1.29 is 14.3 Å². The fourth-order valence-electron chi connectivity index (χ4n) is 3.37. The van der Waals surface area contributed by atoms with E-state index in [1.165, 1.54) is 0 Å². The summed E-state index contributed by atoms with van der Waals surface area (Å²) in [6, 6.07) is 14.5. The molecular weight excluding hydrogens is 481 g/mol. The summed E-state index contributed by atoms with van der Waals surface area (Å²) < 4.78 is 6.09. The number of hydrogen-bond acceptors (Lipinski definition) is 4. The Kier molecular flexibility index (Phi) is 7.88.